The lowest BCUT2D eigenvalue weighted by Gasteiger charge is -2.32. The molecule has 1 aliphatic carbocycles. The topological polar surface area (TPSA) is 21.7 Å². The standard InChI is InChI=1S/C52H95NO2/c1-5-8-11-14-17-19-21-23-25-27-29-31-33-35-38-41-44-52(45-42-39-36-34-32-30-28-26-24-22-20-18-15-12-9-6-2)54-50-47-49(48-51(50)55-52)53(4)46-43-40-37-16-13-10-7-3/h17-20,23-26,49-51H,5-16,21-22,27-48H2,1-4H3/b19-17-,20-18-,25-23-,26-24-/t49-,50-,51+. The molecule has 0 aromatic carbocycles. The summed E-state index contributed by atoms with van der Waals surface area (Å²) >= 11 is 0. The number of ether oxygens (including phenoxy) is 2. The smallest absolute Gasteiger partial charge is 0.169 e. The third-order valence-corrected chi connectivity index (χ3v) is 12.4. The molecule has 1 aliphatic heterocycles. The number of fused-ring (bicyclic) bond motifs is 1. The number of hydrogen-bond donors (Lipinski definition) is 0. The lowest BCUT2D eigenvalue weighted by atomic mass is 9.98. The Bertz CT molecular complexity index is 887. The van der Waals surface area contributed by atoms with E-state index in [-0.39, 0.29) is 5.79 Å². The summed E-state index contributed by atoms with van der Waals surface area (Å²) in [5.41, 5.74) is 0. The zero-order valence-corrected chi connectivity index (χ0v) is 37.6. The molecule has 0 unspecified atom stereocenters. The molecule has 0 radical (unpaired) electrons. The minimum atomic E-state index is -0.318. The maximum Gasteiger partial charge on any atom is 0.169 e. The average Bonchev–Trinajstić information content (AvgIpc) is 3.74. The highest BCUT2D eigenvalue weighted by Gasteiger charge is 2.51. The molecule has 2 fully saturated rings. The summed E-state index contributed by atoms with van der Waals surface area (Å²) in [5, 5.41) is 0. The summed E-state index contributed by atoms with van der Waals surface area (Å²) in [6.07, 6.45) is 64.9. The summed E-state index contributed by atoms with van der Waals surface area (Å²) in [6, 6.07) is 0.622. The Labute approximate surface area is 345 Å². The summed E-state index contributed by atoms with van der Waals surface area (Å²) in [6.45, 7) is 8.08. The second kappa shape index (κ2) is 36.0. The molecule has 3 atom stereocenters. The maximum atomic E-state index is 7.01. The number of rotatable bonds is 39. The van der Waals surface area contributed by atoms with Crippen LogP contribution in [0.2, 0.25) is 0 Å². The molecule has 3 nitrogen and oxygen atoms in total. The SMILES string of the molecule is CCCCC/C=C\C/C=C\CCCCCCCCC1(CCCCCCCC/C=C\C/C=C\CCCCC)O[C@H]2C[C@H](N(C)CCCCCCCCC)C[C@H]2O1. The Hall–Kier alpha value is -1.16. The van der Waals surface area contributed by atoms with Crippen molar-refractivity contribution in [3.63, 3.8) is 0 Å². The molecule has 0 N–H and O–H groups in total. The van der Waals surface area contributed by atoms with Crippen LogP contribution in [-0.2, 0) is 9.47 Å². The molecular formula is C52H95NO2. The Morgan fingerprint density at radius 2 is 0.745 bits per heavy atom. The molecule has 2 aliphatic rings. The van der Waals surface area contributed by atoms with Crippen LogP contribution >= 0.6 is 0 Å². The van der Waals surface area contributed by atoms with Crippen LogP contribution in [0, 0.1) is 0 Å². The third-order valence-electron chi connectivity index (χ3n) is 12.4. The Morgan fingerprint density at radius 3 is 1.16 bits per heavy atom. The fraction of sp³-hybridized carbons (Fsp3) is 0.846. The molecule has 3 heteroatoms. The summed E-state index contributed by atoms with van der Waals surface area (Å²) < 4.78 is 14.0. The van der Waals surface area contributed by atoms with Crippen molar-refractivity contribution in [3.05, 3.63) is 48.6 Å². The van der Waals surface area contributed by atoms with Crippen LogP contribution < -0.4 is 0 Å². The van der Waals surface area contributed by atoms with Gasteiger partial charge in [-0.2, -0.15) is 0 Å². The van der Waals surface area contributed by atoms with Crippen LogP contribution in [0.1, 0.15) is 245 Å². The van der Waals surface area contributed by atoms with Gasteiger partial charge in [0.1, 0.15) is 0 Å². The molecule has 0 amide bonds. The van der Waals surface area contributed by atoms with Gasteiger partial charge >= 0.3 is 0 Å². The molecule has 55 heavy (non-hydrogen) atoms. The molecule has 1 saturated carbocycles. The quantitative estimate of drug-likeness (QED) is 0.0459. The first kappa shape index (κ1) is 50.0. The van der Waals surface area contributed by atoms with E-state index in [0.717, 1.165) is 38.5 Å². The van der Waals surface area contributed by atoms with E-state index in [4.69, 9.17) is 9.47 Å². The molecule has 1 saturated heterocycles. The van der Waals surface area contributed by atoms with E-state index in [2.05, 4.69) is 81.3 Å². The number of hydrogen-bond acceptors (Lipinski definition) is 3. The molecule has 0 aromatic heterocycles. The van der Waals surface area contributed by atoms with Gasteiger partial charge in [-0.3, -0.25) is 0 Å². The van der Waals surface area contributed by atoms with Gasteiger partial charge in [0.2, 0.25) is 0 Å². The van der Waals surface area contributed by atoms with Crippen molar-refractivity contribution >= 4 is 0 Å². The zero-order chi connectivity index (χ0) is 39.3. The van der Waals surface area contributed by atoms with Gasteiger partial charge in [0.05, 0.1) is 12.2 Å². The van der Waals surface area contributed by atoms with E-state index in [1.165, 1.54) is 193 Å². The van der Waals surface area contributed by atoms with Gasteiger partial charge in [0.15, 0.2) is 5.79 Å². The minimum absolute atomic E-state index is 0.302. The summed E-state index contributed by atoms with van der Waals surface area (Å²) in [4.78, 5) is 2.63. The van der Waals surface area contributed by atoms with Gasteiger partial charge in [0.25, 0.3) is 0 Å². The Kier molecular flexibility index (Phi) is 32.7. The van der Waals surface area contributed by atoms with Gasteiger partial charge < -0.3 is 14.4 Å². The molecule has 0 aromatic rings. The van der Waals surface area contributed by atoms with E-state index >= 15 is 0 Å². The highest BCUT2D eigenvalue weighted by atomic mass is 16.8. The Morgan fingerprint density at radius 1 is 0.418 bits per heavy atom. The summed E-state index contributed by atoms with van der Waals surface area (Å²) in [5.74, 6) is -0.318. The van der Waals surface area contributed by atoms with Crippen LogP contribution in [0.5, 0.6) is 0 Å². The van der Waals surface area contributed by atoms with Gasteiger partial charge in [-0.05, 0) is 110 Å². The normalized spacial score (nSPS) is 19.8. The molecule has 2 rings (SSSR count). The van der Waals surface area contributed by atoms with E-state index in [1.807, 2.05) is 0 Å². The van der Waals surface area contributed by atoms with Crippen molar-refractivity contribution in [3.8, 4) is 0 Å². The predicted octanol–water partition coefficient (Wildman–Crippen LogP) is 16.7. The average molecular weight is 766 g/mol. The van der Waals surface area contributed by atoms with Gasteiger partial charge in [-0.15, -0.1) is 0 Å². The van der Waals surface area contributed by atoms with Crippen LogP contribution in [-0.4, -0.2) is 42.5 Å². The van der Waals surface area contributed by atoms with Crippen molar-refractivity contribution in [1.29, 1.82) is 0 Å². The van der Waals surface area contributed by atoms with E-state index in [9.17, 15) is 0 Å². The molecule has 0 spiro atoms. The van der Waals surface area contributed by atoms with Gasteiger partial charge in [0, 0.05) is 18.9 Å². The maximum absolute atomic E-state index is 7.01. The lowest BCUT2D eigenvalue weighted by molar-refractivity contribution is -0.193. The molecular weight excluding hydrogens is 671 g/mol. The highest BCUT2D eigenvalue weighted by molar-refractivity contribution is 4.97. The van der Waals surface area contributed by atoms with Crippen LogP contribution in [0.3, 0.4) is 0 Å². The van der Waals surface area contributed by atoms with Crippen molar-refractivity contribution in [2.24, 2.45) is 0 Å². The molecule has 1 heterocycles. The zero-order valence-electron chi connectivity index (χ0n) is 37.6. The fourth-order valence-corrected chi connectivity index (χ4v) is 8.75. The van der Waals surface area contributed by atoms with Crippen molar-refractivity contribution in [1.82, 2.24) is 4.90 Å². The second-order valence-electron chi connectivity index (χ2n) is 17.6. The first-order valence-electron chi connectivity index (χ1n) is 24.8. The van der Waals surface area contributed by atoms with Gasteiger partial charge in [-0.25, -0.2) is 0 Å². The minimum Gasteiger partial charge on any atom is -0.344 e. The number of allylic oxidation sites excluding steroid dienone is 8. The fourth-order valence-electron chi connectivity index (χ4n) is 8.75. The van der Waals surface area contributed by atoms with Crippen molar-refractivity contribution in [2.75, 3.05) is 13.6 Å². The third kappa shape index (κ3) is 26.5. The second-order valence-corrected chi connectivity index (χ2v) is 17.6. The predicted molar refractivity (Wildman–Crippen MR) is 244 cm³/mol. The van der Waals surface area contributed by atoms with Crippen molar-refractivity contribution in [2.45, 2.75) is 270 Å². The molecule has 320 valence electrons. The van der Waals surface area contributed by atoms with E-state index < -0.39 is 0 Å². The van der Waals surface area contributed by atoms with Crippen LogP contribution in [0.25, 0.3) is 0 Å². The summed E-state index contributed by atoms with van der Waals surface area (Å²) in [7, 11) is 2.35. The first-order valence-corrected chi connectivity index (χ1v) is 24.8. The van der Waals surface area contributed by atoms with Gasteiger partial charge in [-0.1, -0.05) is 185 Å². The van der Waals surface area contributed by atoms with E-state index in [0.29, 0.717) is 18.2 Å². The monoisotopic (exact) mass is 766 g/mol. The number of unbranched alkanes of at least 4 members (excludes halogenated alkanes) is 24. The molecule has 0 bridgehead atoms. The van der Waals surface area contributed by atoms with Crippen molar-refractivity contribution < 1.29 is 9.47 Å². The Balaban J connectivity index is 1.65. The number of nitrogens with zero attached hydrogens (tertiary/aromatic N) is 1. The van der Waals surface area contributed by atoms with E-state index in [1.54, 1.807) is 0 Å². The van der Waals surface area contributed by atoms with Crippen LogP contribution in [0.4, 0.5) is 0 Å². The first-order chi connectivity index (χ1) is 27.1. The van der Waals surface area contributed by atoms with Crippen LogP contribution in [0.15, 0.2) is 48.6 Å². The highest BCUT2D eigenvalue weighted by Crippen LogP contribution is 2.44. The lowest BCUT2D eigenvalue weighted by Crippen LogP contribution is -2.36. The largest absolute Gasteiger partial charge is 0.344 e.